The van der Waals surface area contributed by atoms with Crippen molar-refractivity contribution in [3.63, 3.8) is 0 Å². The molecule has 9 aromatic rings. The molecule has 0 amide bonds. The third-order valence-electron chi connectivity index (χ3n) is 10.9. The van der Waals surface area contributed by atoms with Gasteiger partial charge in [0.05, 0.1) is 17.6 Å². The number of nitrogens with zero attached hydrogens (tertiary/aromatic N) is 4. The summed E-state index contributed by atoms with van der Waals surface area (Å²) in [5.41, 5.74) is 12.3. The summed E-state index contributed by atoms with van der Waals surface area (Å²) in [4.78, 5) is 15.1. The fourth-order valence-corrected chi connectivity index (χ4v) is 8.07. The Bertz CT molecular complexity index is 3190. The van der Waals surface area contributed by atoms with Gasteiger partial charge in [0.2, 0.25) is 0 Å². The minimum atomic E-state index is 0.356. The molecule has 2 heterocycles. The van der Waals surface area contributed by atoms with E-state index in [1.165, 1.54) is 22.0 Å². The van der Waals surface area contributed by atoms with Crippen LogP contribution in [0.1, 0.15) is 23.1 Å². The molecule has 0 bridgehead atoms. The number of fused-ring (bicyclic) bond motifs is 6. The van der Waals surface area contributed by atoms with E-state index in [2.05, 4.69) is 174 Å². The second kappa shape index (κ2) is 15.1. The average Bonchev–Trinajstić information content (AvgIpc) is 3.70. The van der Waals surface area contributed by atoms with E-state index in [0.717, 1.165) is 72.8 Å². The topological polar surface area (TPSA) is 55.1 Å². The summed E-state index contributed by atoms with van der Waals surface area (Å²) in [5, 5.41) is 4.52. The molecule has 58 heavy (non-hydrogen) atoms. The highest BCUT2D eigenvalue weighted by Crippen LogP contribution is 2.35. The standard InChI is InChI=1S/C53H38N4O/c1-54-52(40-21-14-20-39(33-40)38-19-13-18-37(32-38)36-16-5-4-6-17-36)56-53(55-35-42-22-15-27-47-46-26-10-12-29-50(46)58-51(42)47)41-30-31-45-44-25-9-11-28-48(44)57(49(45)34-41)43-23-7-2-3-8-24-43/h2-23,25-34H,1,24,35H2/b55-53-,56-52-. The van der Waals surface area contributed by atoms with Crippen molar-refractivity contribution in [2.45, 2.75) is 13.0 Å². The fourth-order valence-electron chi connectivity index (χ4n) is 8.07. The van der Waals surface area contributed by atoms with Gasteiger partial charge < -0.3 is 8.98 Å². The number of rotatable bonds is 7. The number of para-hydroxylation sites is 3. The molecule has 0 aliphatic heterocycles. The molecule has 10 rings (SSSR count). The summed E-state index contributed by atoms with van der Waals surface area (Å²) in [5.74, 6) is 1.05. The normalized spacial score (nSPS) is 13.4. The molecule has 2 aromatic heterocycles. The van der Waals surface area contributed by atoms with Crippen molar-refractivity contribution >= 4 is 67.8 Å². The van der Waals surface area contributed by atoms with Crippen LogP contribution in [0.25, 0.3) is 71.7 Å². The quantitative estimate of drug-likeness (QED) is 0.118. The number of aliphatic imine (C=N–C) groups is 3. The average molecular weight is 747 g/mol. The van der Waals surface area contributed by atoms with Gasteiger partial charge in [0.15, 0.2) is 11.7 Å². The van der Waals surface area contributed by atoms with Crippen molar-refractivity contribution in [1.29, 1.82) is 0 Å². The van der Waals surface area contributed by atoms with E-state index in [0.29, 0.717) is 18.2 Å². The fraction of sp³-hybridized carbons (Fsp3) is 0.0377. The zero-order chi connectivity index (χ0) is 38.8. The highest BCUT2D eigenvalue weighted by Gasteiger charge is 2.17. The Morgan fingerprint density at radius 2 is 1.24 bits per heavy atom. The molecule has 0 radical (unpaired) electrons. The summed E-state index contributed by atoms with van der Waals surface area (Å²) in [6.45, 7) is 4.37. The monoisotopic (exact) mass is 746 g/mol. The number of hydrogen-bond acceptors (Lipinski definition) is 2. The first-order valence-electron chi connectivity index (χ1n) is 19.5. The van der Waals surface area contributed by atoms with Crippen LogP contribution in [0.3, 0.4) is 0 Å². The van der Waals surface area contributed by atoms with Crippen LogP contribution in [0.5, 0.6) is 0 Å². The molecule has 0 N–H and O–H groups in total. The second-order valence-electron chi connectivity index (χ2n) is 14.4. The van der Waals surface area contributed by atoms with Crippen LogP contribution < -0.4 is 0 Å². The second-order valence-corrected chi connectivity index (χ2v) is 14.4. The van der Waals surface area contributed by atoms with E-state index in [9.17, 15) is 0 Å². The molecule has 7 aromatic carbocycles. The first-order valence-corrected chi connectivity index (χ1v) is 19.5. The molecule has 0 unspecified atom stereocenters. The molecule has 0 spiro atoms. The van der Waals surface area contributed by atoms with Crippen LogP contribution in [0.15, 0.2) is 214 Å². The van der Waals surface area contributed by atoms with Crippen LogP contribution in [0, 0.1) is 0 Å². The Morgan fingerprint density at radius 1 is 0.552 bits per heavy atom. The first kappa shape index (κ1) is 34.8. The maximum absolute atomic E-state index is 6.42. The van der Waals surface area contributed by atoms with Crippen LogP contribution in [-0.2, 0) is 6.54 Å². The third kappa shape index (κ3) is 6.49. The molecule has 1 aliphatic carbocycles. The van der Waals surface area contributed by atoms with Gasteiger partial charge in [0.1, 0.15) is 11.2 Å². The maximum atomic E-state index is 6.42. The minimum absolute atomic E-state index is 0.356. The molecular weight excluding hydrogens is 709 g/mol. The van der Waals surface area contributed by atoms with E-state index < -0.39 is 0 Å². The van der Waals surface area contributed by atoms with Gasteiger partial charge in [0.25, 0.3) is 0 Å². The van der Waals surface area contributed by atoms with Gasteiger partial charge >= 0.3 is 0 Å². The molecule has 5 heteroatoms. The lowest BCUT2D eigenvalue weighted by atomic mass is 9.98. The van der Waals surface area contributed by atoms with Crippen molar-refractivity contribution in [3.8, 4) is 22.3 Å². The van der Waals surface area contributed by atoms with Crippen molar-refractivity contribution in [2.24, 2.45) is 15.0 Å². The van der Waals surface area contributed by atoms with Crippen LogP contribution >= 0.6 is 0 Å². The zero-order valence-electron chi connectivity index (χ0n) is 31.8. The van der Waals surface area contributed by atoms with Gasteiger partial charge in [-0.1, -0.05) is 158 Å². The molecule has 0 fully saturated rings. The lowest BCUT2D eigenvalue weighted by Crippen LogP contribution is -2.06. The Morgan fingerprint density at radius 3 is 2.12 bits per heavy atom. The van der Waals surface area contributed by atoms with Gasteiger partial charge in [-0.25, -0.2) is 9.98 Å². The molecular formula is C53H38N4O. The highest BCUT2D eigenvalue weighted by atomic mass is 16.3. The summed E-state index contributed by atoms with van der Waals surface area (Å²) in [7, 11) is 0. The van der Waals surface area contributed by atoms with E-state index in [-0.39, 0.29) is 0 Å². The van der Waals surface area contributed by atoms with E-state index in [4.69, 9.17) is 14.4 Å². The summed E-state index contributed by atoms with van der Waals surface area (Å²) in [6, 6.07) is 56.9. The van der Waals surface area contributed by atoms with Gasteiger partial charge in [0, 0.05) is 50.4 Å². The third-order valence-corrected chi connectivity index (χ3v) is 10.9. The van der Waals surface area contributed by atoms with Crippen molar-refractivity contribution in [2.75, 3.05) is 0 Å². The Labute approximate surface area is 336 Å². The minimum Gasteiger partial charge on any atom is -0.456 e. The molecule has 0 saturated carbocycles. The lowest BCUT2D eigenvalue weighted by Gasteiger charge is -2.12. The number of aromatic nitrogens is 1. The van der Waals surface area contributed by atoms with Gasteiger partial charge in [-0.05, 0) is 65.4 Å². The first-order chi connectivity index (χ1) is 28.7. The molecule has 276 valence electrons. The van der Waals surface area contributed by atoms with Crippen molar-refractivity contribution < 1.29 is 4.42 Å². The number of allylic oxidation sites excluding steroid dienone is 6. The van der Waals surface area contributed by atoms with Crippen LogP contribution in [0.2, 0.25) is 0 Å². The molecule has 0 saturated heterocycles. The Kier molecular flexibility index (Phi) is 9.09. The Hall–Kier alpha value is -7.63. The molecule has 1 aliphatic rings. The SMILES string of the molecule is C=N/C(=N\C(=N/Cc1cccc2c1oc1ccccc12)c1ccc2c3ccccc3n(C3=CC=CC=CC3)c2c1)c1cccc(-c2cccc(-c3ccccc3)c2)c1. The van der Waals surface area contributed by atoms with E-state index in [1.54, 1.807) is 0 Å². The van der Waals surface area contributed by atoms with Crippen LogP contribution in [0.4, 0.5) is 0 Å². The van der Waals surface area contributed by atoms with E-state index in [1.807, 2.05) is 36.4 Å². The van der Waals surface area contributed by atoms with Crippen molar-refractivity contribution in [1.82, 2.24) is 4.57 Å². The summed E-state index contributed by atoms with van der Waals surface area (Å²) in [6.07, 6.45) is 11.5. The lowest BCUT2D eigenvalue weighted by molar-refractivity contribution is 0.663. The smallest absolute Gasteiger partial charge is 0.161 e. The van der Waals surface area contributed by atoms with Crippen LogP contribution in [-0.4, -0.2) is 23.0 Å². The van der Waals surface area contributed by atoms with Crippen molar-refractivity contribution in [3.05, 3.63) is 211 Å². The molecule has 0 atom stereocenters. The van der Waals surface area contributed by atoms with Gasteiger partial charge in [-0.15, -0.1) is 0 Å². The van der Waals surface area contributed by atoms with Gasteiger partial charge in [-0.3, -0.25) is 4.99 Å². The number of amidine groups is 2. The highest BCUT2D eigenvalue weighted by molar-refractivity contribution is 6.16. The summed E-state index contributed by atoms with van der Waals surface area (Å²) < 4.78 is 8.78. The summed E-state index contributed by atoms with van der Waals surface area (Å²) >= 11 is 0. The molecule has 5 nitrogen and oxygen atoms in total. The largest absolute Gasteiger partial charge is 0.456 e. The van der Waals surface area contributed by atoms with Gasteiger partial charge in [-0.2, -0.15) is 0 Å². The van der Waals surface area contributed by atoms with E-state index >= 15 is 0 Å². The predicted octanol–water partition coefficient (Wildman–Crippen LogP) is 13.5. The zero-order valence-corrected chi connectivity index (χ0v) is 31.8. The number of benzene rings is 7. The maximum Gasteiger partial charge on any atom is 0.161 e. The predicted molar refractivity (Wildman–Crippen MR) is 244 cm³/mol. The number of hydrogen-bond donors (Lipinski definition) is 0. The Balaban J connectivity index is 1.12. The number of furan rings is 1.